The molecule has 1 fully saturated rings. The van der Waals surface area contributed by atoms with E-state index in [-0.39, 0.29) is 46.1 Å². The molecule has 0 spiro atoms. The quantitative estimate of drug-likeness (QED) is 0.336. The van der Waals surface area contributed by atoms with Crippen LogP contribution in [0.15, 0.2) is 48.7 Å². The van der Waals surface area contributed by atoms with Crippen molar-refractivity contribution in [3.8, 4) is 11.3 Å². The van der Waals surface area contributed by atoms with E-state index >= 15 is 0 Å². The molecule has 212 valence electrons. The Morgan fingerprint density at radius 2 is 1.83 bits per heavy atom. The molecule has 0 unspecified atom stereocenters. The molecule has 1 aliphatic rings. The van der Waals surface area contributed by atoms with Gasteiger partial charge in [0, 0.05) is 48.7 Å². The summed E-state index contributed by atoms with van der Waals surface area (Å²) in [6, 6.07) is 9.51. The fourth-order valence-electron chi connectivity index (χ4n) is 4.62. The second kappa shape index (κ2) is 10.6. The number of rotatable bonds is 6. The average Bonchev–Trinajstić information content (AvgIpc) is 3.49. The fourth-order valence-corrected chi connectivity index (χ4v) is 4.62. The Hall–Kier alpha value is -4.81. The number of imidazole rings is 1. The van der Waals surface area contributed by atoms with Gasteiger partial charge in [-0.25, -0.2) is 27.1 Å². The average molecular weight is 569 g/mol. The van der Waals surface area contributed by atoms with E-state index in [1.165, 1.54) is 48.8 Å². The van der Waals surface area contributed by atoms with Crippen LogP contribution in [0, 0.1) is 18.6 Å². The Morgan fingerprint density at radius 3 is 2.54 bits per heavy atom. The zero-order chi connectivity index (χ0) is 29.5. The largest absolute Gasteiger partial charge is 0.348 e. The first-order chi connectivity index (χ1) is 19.4. The number of aromatic nitrogens is 3. The van der Waals surface area contributed by atoms with Gasteiger partial charge in [-0.2, -0.15) is 5.10 Å². The van der Waals surface area contributed by atoms with Gasteiger partial charge in [0.1, 0.15) is 11.6 Å². The summed E-state index contributed by atoms with van der Waals surface area (Å²) in [7, 11) is 0. The van der Waals surface area contributed by atoms with Gasteiger partial charge in [-0.3, -0.25) is 14.4 Å². The van der Waals surface area contributed by atoms with Crippen LogP contribution < -0.4 is 10.6 Å². The number of nitrogens with one attached hydrogen (secondary N) is 2. The normalized spacial score (nSPS) is 14.3. The minimum atomic E-state index is -3.02. The van der Waals surface area contributed by atoms with Crippen LogP contribution in [-0.4, -0.2) is 56.2 Å². The summed E-state index contributed by atoms with van der Waals surface area (Å²) in [5.41, 5.74) is 0.680. The number of fused-ring (bicyclic) bond motifs is 1. The van der Waals surface area contributed by atoms with Crippen LogP contribution in [0.1, 0.15) is 45.2 Å². The summed E-state index contributed by atoms with van der Waals surface area (Å²) in [5.74, 6) is -6.04. The van der Waals surface area contributed by atoms with Gasteiger partial charge >= 0.3 is 0 Å². The molecule has 9 nitrogen and oxygen atoms in total. The molecule has 0 bridgehead atoms. The number of likely N-dealkylation sites (tertiary alicyclic amines) is 1. The fraction of sp³-hybridized carbons (Fsp3) is 0.250. The number of anilines is 1. The molecule has 1 aliphatic heterocycles. The van der Waals surface area contributed by atoms with Crippen LogP contribution >= 0.6 is 0 Å². The zero-order valence-corrected chi connectivity index (χ0v) is 22.0. The van der Waals surface area contributed by atoms with E-state index in [0.29, 0.717) is 11.3 Å². The summed E-state index contributed by atoms with van der Waals surface area (Å²) in [6.07, 6.45) is 0.995. The van der Waals surface area contributed by atoms with Crippen LogP contribution in [-0.2, 0) is 11.3 Å². The van der Waals surface area contributed by atoms with E-state index in [9.17, 15) is 31.9 Å². The van der Waals surface area contributed by atoms with Gasteiger partial charge in [0.2, 0.25) is 5.91 Å². The third kappa shape index (κ3) is 5.74. The van der Waals surface area contributed by atoms with Gasteiger partial charge in [-0.15, -0.1) is 0 Å². The highest BCUT2D eigenvalue weighted by Gasteiger charge is 2.41. The molecule has 2 N–H and O–H groups in total. The lowest BCUT2D eigenvalue weighted by molar-refractivity contribution is -0.114. The van der Waals surface area contributed by atoms with Crippen molar-refractivity contribution >= 4 is 29.2 Å². The standard InChI is InChI=1S/C28H24F4N6O3/c1-15-19(10-17(11-22(15)30)23-6-7-25-35-24(34-16(2)39)13-38(25)36-23)26(40)33-12-20-18(4-3-5-21(20)29)27(41)37-9-8-28(31,32)14-37/h3-7,10-11,13H,8-9,12,14H2,1-2H3,(H,33,40)(H,34,39). The maximum absolute atomic E-state index is 14.9. The third-order valence-electron chi connectivity index (χ3n) is 6.74. The van der Waals surface area contributed by atoms with Crippen molar-refractivity contribution in [1.29, 1.82) is 0 Å². The lowest BCUT2D eigenvalue weighted by atomic mass is 10.0. The van der Waals surface area contributed by atoms with Crippen LogP contribution in [0.5, 0.6) is 0 Å². The molecule has 5 rings (SSSR count). The van der Waals surface area contributed by atoms with Crippen molar-refractivity contribution in [2.75, 3.05) is 18.4 Å². The Balaban J connectivity index is 1.39. The van der Waals surface area contributed by atoms with Gasteiger partial charge in [0.15, 0.2) is 11.5 Å². The highest BCUT2D eigenvalue weighted by Crippen LogP contribution is 2.29. The highest BCUT2D eigenvalue weighted by atomic mass is 19.3. The predicted octanol–water partition coefficient (Wildman–Crippen LogP) is 4.35. The number of carbonyl (C=O) groups excluding carboxylic acids is 3. The predicted molar refractivity (Wildman–Crippen MR) is 140 cm³/mol. The number of halogens is 4. The van der Waals surface area contributed by atoms with Crippen molar-refractivity contribution in [2.24, 2.45) is 0 Å². The van der Waals surface area contributed by atoms with E-state index in [2.05, 4.69) is 20.7 Å². The Bertz CT molecular complexity index is 1700. The minimum absolute atomic E-state index is 0.0343. The number of benzene rings is 2. The van der Waals surface area contributed by atoms with Crippen LogP contribution in [0.2, 0.25) is 0 Å². The molecule has 41 heavy (non-hydrogen) atoms. The minimum Gasteiger partial charge on any atom is -0.348 e. The molecule has 0 saturated carbocycles. The number of alkyl halides is 2. The van der Waals surface area contributed by atoms with Crippen molar-refractivity contribution in [2.45, 2.75) is 32.7 Å². The van der Waals surface area contributed by atoms with Crippen LogP contribution in [0.25, 0.3) is 16.9 Å². The SMILES string of the molecule is CC(=O)Nc1cn2nc(-c3cc(F)c(C)c(C(=O)NCc4c(F)cccc4C(=O)N4CCC(F)(F)C4)c3)ccc2n1. The molecular formula is C28H24F4N6O3. The second-order valence-corrected chi connectivity index (χ2v) is 9.74. The molecule has 0 atom stereocenters. The van der Waals surface area contributed by atoms with Crippen LogP contribution in [0.4, 0.5) is 23.4 Å². The van der Waals surface area contributed by atoms with Crippen molar-refractivity contribution in [3.63, 3.8) is 0 Å². The number of nitrogens with zero attached hydrogens (tertiary/aromatic N) is 4. The topological polar surface area (TPSA) is 109 Å². The molecule has 2 aromatic heterocycles. The first kappa shape index (κ1) is 27.7. The van der Waals surface area contributed by atoms with Crippen LogP contribution in [0.3, 0.4) is 0 Å². The maximum Gasteiger partial charge on any atom is 0.267 e. The summed E-state index contributed by atoms with van der Waals surface area (Å²) in [6.45, 7) is 1.36. The molecule has 4 aromatic rings. The third-order valence-corrected chi connectivity index (χ3v) is 6.74. The van der Waals surface area contributed by atoms with Crippen molar-refractivity contribution < 1.29 is 31.9 Å². The lowest BCUT2D eigenvalue weighted by Gasteiger charge is -2.19. The Kier molecular flexibility index (Phi) is 7.20. The van der Waals surface area contributed by atoms with E-state index < -0.39 is 48.9 Å². The summed E-state index contributed by atoms with van der Waals surface area (Å²) >= 11 is 0. The molecular weight excluding hydrogens is 544 g/mol. The molecule has 1 saturated heterocycles. The number of hydrogen-bond donors (Lipinski definition) is 2. The number of carbonyl (C=O) groups is 3. The Morgan fingerprint density at radius 1 is 1.05 bits per heavy atom. The lowest BCUT2D eigenvalue weighted by Crippen LogP contribution is -2.33. The number of hydrogen-bond acceptors (Lipinski definition) is 5. The first-order valence-corrected chi connectivity index (χ1v) is 12.6. The van der Waals surface area contributed by atoms with E-state index in [4.69, 9.17) is 0 Å². The van der Waals surface area contributed by atoms with Gasteiger partial charge in [0.25, 0.3) is 17.7 Å². The van der Waals surface area contributed by atoms with E-state index in [1.807, 2.05) is 0 Å². The molecule has 13 heteroatoms. The first-order valence-electron chi connectivity index (χ1n) is 12.6. The second-order valence-electron chi connectivity index (χ2n) is 9.74. The number of amides is 3. The molecule has 3 heterocycles. The molecule has 0 radical (unpaired) electrons. The van der Waals surface area contributed by atoms with Gasteiger partial charge in [0.05, 0.1) is 18.4 Å². The van der Waals surface area contributed by atoms with Gasteiger partial charge in [-0.05, 0) is 48.9 Å². The summed E-state index contributed by atoms with van der Waals surface area (Å²) in [4.78, 5) is 42.5. The van der Waals surface area contributed by atoms with E-state index in [1.54, 1.807) is 12.1 Å². The van der Waals surface area contributed by atoms with E-state index in [0.717, 1.165) is 11.0 Å². The highest BCUT2D eigenvalue weighted by molar-refractivity contribution is 5.98. The van der Waals surface area contributed by atoms with Gasteiger partial charge < -0.3 is 15.5 Å². The van der Waals surface area contributed by atoms with Gasteiger partial charge in [-0.1, -0.05) is 6.07 Å². The van der Waals surface area contributed by atoms with Crippen molar-refractivity contribution in [3.05, 3.63) is 82.5 Å². The summed E-state index contributed by atoms with van der Waals surface area (Å²) < 4.78 is 58.4. The Labute approximate surface area is 231 Å². The molecule has 2 aromatic carbocycles. The molecule has 0 aliphatic carbocycles. The maximum atomic E-state index is 14.9. The zero-order valence-electron chi connectivity index (χ0n) is 22.0. The molecule has 3 amide bonds. The smallest absolute Gasteiger partial charge is 0.267 e. The monoisotopic (exact) mass is 568 g/mol. The summed E-state index contributed by atoms with van der Waals surface area (Å²) in [5, 5.41) is 9.45. The van der Waals surface area contributed by atoms with Crippen molar-refractivity contribution in [1.82, 2.24) is 24.8 Å².